The molecule has 3 aromatic rings. The highest BCUT2D eigenvalue weighted by molar-refractivity contribution is 6.02. The highest BCUT2D eigenvalue weighted by Crippen LogP contribution is 2.57. The van der Waals surface area contributed by atoms with Gasteiger partial charge in [0.15, 0.2) is 13.2 Å². The first kappa shape index (κ1) is 21.3. The van der Waals surface area contributed by atoms with E-state index in [4.69, 9.17) is 30.3 Å². The molecule has 0 atom stereocenters. The molecular formula is C24H18N2O8. The number of rotatable bonds is 6. The largest absolute Gasteiger partial charge is 0.482 e. The summed E-state index contributed by atoms with van der Waals surface area (Å²) in [4.78, 5) is 35.0. The predicted molar refractivity (Wildman–Crippen MR) is 116 cm³/mol. The second kappa shape index (κ2) is 7.78. The Hall–Kier alpha value is -4.57. The van der Waals surface area contributed by atoms with Gasteiger partial charge in [-0.1, -0.05) is 18.2 Å². The van der Waals surface area contributed by atoms with Gasteiger partial charge in [-0.25, -0.2) is 15.4 Å². The van der Waals surface area contributed by atoms with Crippen molar-refractivity contribution >= 4 is 17.8 Å². The van der Waals surface area contributed by atoms with Crippen LogP contribution < -0.4 is 20.1 Å². The Morgan fingerprint density at radius 1 is 0.853 bits per heavy atom. The molecule has 0 fully saturated rings. The van der Waals surface area contributed by atoms with Crippen molar-refractivity contribution < 1.29 is 38.8 Å². The van der Waals surface area contributed by atoms with Crippen molar-refractivity contribution in [2.75, 3.05) is 13.2 Å². The zero-order chi connectivity index (χ0) is 24.0. The molecule has 0 aliphatic carbocycles. The summed E-state index contributed by atoms with van der Waals surface area (Å²) in [6.07, 6.45) is 0. The number of carboxylic acid groups (broad SMARTS) is 2. The molecule has 3 aromatic carbocycles. The van der Waals surface area contributed by atoms with E-state index < -0.39 is 30.7 Å². The van der Waals surface area contributed by atoms with Crippen LogP contribution in [0.15, 0.2) is 60.7 Å². The van der Waals surface area contributed by atoms with E-state index in [0.717, 1.165) is 5.01 Å². The van der Waals surface area contributed by atoms with Gasteiger partial charge in [-0.15, -0.1) is 0 Å². The van der Waals surface area contributed by atoms with Gasteiger partial charge < -0.3 is 24.4 Å². The molecule has 1 amide bonds. The number of fused-ring (bicyclic) bond motifs is 6. The first-order valence-electron chi connectivity index (χ1n) is 10.2. The van der Waals surface area contributed by atoms with Crippen molar-refractivity contribution in [2.45, 2.75) is 5.54 Å². The van der Waals surface area contributed by atoms with Crippen LogP contribution in [0.2, 0.25) is 0 Å². The molecule has 0 saturated carbocycles. The van der Waals surface area contributed by atoms with Crippen LogP contribution in [-0.4, -0.2) is 46.3 Å². The van der Waals surface area contributed by atoms with E-state index in [1.807, 2.05) is 6.07 Å². The number of hydrazine groups is 1. The van der Waals surface area contributed by atoms with Crippen LogP contribution in [0.1, 0.15) is 27.0 Å². The Labute approximate surface area is 192 Å². The quantitative estimate of drug-likeness (QED) is 0.371. The van der Waals surface area contributed by atoms with Crippen molar-refractivity contribution in [3.05, 3.63) is 82.9 Å². The minimum absolute atomic E-state index is 0.249. The third kappa shape index (κ3) is 3.11. The third-order valence-electron chi connectivity index (χ3n) is 5.76. The minimum atomic E-state index is -1.24. The molecule has 2 heterocycles. The number of ether oxygens (including phenoxy) is 3. The van der Waals surface area contributed by atoms with Gasteiger partial charge in [-0.3, -0.25) is 9.80 Å². The summed E-state index contributed by atoms with van der Waals surface area (Å²) >= 11 is 0. The summed E-state index contributed by atoms with van der Waals surface area (Å²) in [5.41, 5.74) is 0.950. The van der Waals surface area contributed by atoms with E-state index in [9.17, 15) is 14.4 Å². The van der Waals surface area contributed by atoms with Gasteiger partial charge >= 0.3 is 11.9 Å². The van der Waals surface area contributed by atoms with E-state index in [2.05, 4.69) is 0 Å². The lowest BCUT2D eigenvalue weighted by molar-refractivity contribution is -0.140. The highest BCUT2D eigenvalue weighted by Gasteiger charge is 2.55. The average molecular weight is 462 g/mol. The molecular weight excluding hydrogens is 444 g/mol. The maximum absolute atomic E-state index is 13.2. The number of aliphatic carboxylic acids is 2. The average Bonchev–Trinajstić information content (AvgIpc) is 3.04. The molecule has 0 aromatic heterocycles. The zero-order valence-electron chi connectivity index (χ0n) is 17.6. The van der Waals surface area contributed by atoms with Crippen LogP contribution in [0.4, 0.5) is 0 Å². The molecule has 2 aliphatic heterocycles. The summed E-state index contributed by atoms with van der Waals surface area (Å²) in [5.74, 6) is 4.89. The summed E-state index contributed by atoms with van der Waals surface area (Å²) in [6, 6.07) is 16.6. The van der Waals surface area contributed by atoms with Crippen molar-refractivity contribution in [1.82, 2.24) is 5.01 Å². The van der Waals surface area contributed by atoms with Crippen LogP contribution in [0, 0.1) is 0 Å². The maximum atomic E-state index is 13.2. The minimum Gasteiger partial charge on any atom is -0.482 e. The molecule has 0 saturated heterocycles. The SMILES string of the molecule is NN1C(=O)c2ccccc2C12c1ccc(OCC(=O)O)cc1Oc1cc(OCC(=O)O)ccc12. The number of nitrogens with zero attached hydrogens (tertiary/aromatic N) is 1. The summed E-state index contributed by atoms with van der Waals surface area (Å²) in [7, 11) is 0. The van der Waals surface area contributed by atoms with Crippen molar-refractivity contribution in [3.8, 4) is 23.0 Å². The Bertz CT molecular complexity index is 1290. The normalized spacial score (nSPS) is 14.6. The Morgan fingerprint density at radius 3 is 1.91 bits per heavy atom. The number of hydrogen-bond donors (Lipinski definition) is 3. The number of carbonyl (C=O) groups excluding carboxylic acids is 1. The van der Waals surface area contributed by atoms with E-state index in [0.29, 0.717) is 33.8 Å². The van der Waals surface area contributed by atoms with Crippen LogP contribution in [0.5, 0.6) is 23.0 Å². The lowest BCUT2D eigenvalue weighted by Crippen LogP contribution is -2.51. The first-order valence-corrected chi connectivity index (χ1v) is 10.2. The second-order valence-corrected chi connectivity index (χ2v) is 7.71. The zero-order valence-corrected chi connectivity index (χ0v) is 17.6. The monoisotopic (exact) mass is 462 g/mol. The van der Waals surface area contributed by atoms with E-state index in [1.165, 1.54) is 12.1 Å². The molecule has 34 heavy (non-hydrogen) atoms. The van der Waals surface area contributed by atoms with Crippen molar-refractivity contribution in [3.63, 3.8) is 0 Å². The number of nitrogens with two attached hydrogens (primary N) is 1. The lowest BCUT2D eigenvalue weighted by Gasteiger charge is -2.42. The van der Waals surface area contributed by atoms with Gasteiger partial charge in [0.2, 0.25) is 0 Å². The lowest BCUT2D eigenvalue weighted by atomic mass is 9.75. The number of benzene rings is 3. The summed E-state index contributed by atoms with van der Waals surface area (Å²) < 4.78 is 16.7. The molecule has 0 bridgehead atoms. The van der Waals surface area contributed by atoms with Gasteiger partial charge in [0.1, 0.15) is 28.5 Å². The topological polar surface area (TPSA) is 149 Å². The molecule has 1 spiro atoms. The molecule has 0 radical (unpaired) electrons. The fourth-order valence-corrected chi connectivity index (χ4v) is 4.45. The van der Waals surface area contributed by atoms with Crippen molar-refractivity contribution in [2.24, 2.45) is 5.84 Å². The second-order valence-electron chi connectivity index (χ2n) is 7.71. The van der Waals surface area contributed by atoms with E-state index in [1.54, 1.807) is 42.5 Å². The summed E-state index contributed by atoms with van der Waals surface area (Å²) in [6.45, 7) is -1.09. The first-order chi connectivity index (χ1) is 16.3. The van der Waals surface area contributed by atoms with Gasteiger partial charge in [0.05, 0.1) is 0 Å². The van der Waals surface area contributed by atoms with Gasteiger partial charge in [-0.2, -0.15) is 0 Å². The van der Waals surface area contributed by atoms with Crippen LogP contribution >= 0.6 is 0 Å². The van der Waals surface area contributed by atoms with Crippen LogP contribution in [0.25, 0.3) is 0 Å². The molecule has 4 N–H and O–H groups in total. The molecule has 10 nitrogen and oxygen atoms in total. The Balaban J connectivity index is 1.71. The van der Waals surface area contributed by atoms with Crippen LogP contribution in [0.3, 0.4) is 0 Å². The third-order valence-corrected chi connectivity index (χ3v) is 5.76. The van der Waals surface area contributed by atoms with Crippen molar-refractivity contribution in [1.29, 1.82) is 0 Å². The number of hydrogen-bond acceptors (Lipinski definition) is 7. The van der Waals surface area contributed by atoms with E-state index in [-0.39, 0.29) is 17.4 Å². The predicted octanol–water partition coefficient (Wildman–Crippen LogP) is 2.34. The van der Waals surface area contributed by atoms with Crippen LogP contribution in [-0.2, 0) is 15.1 Å². The van der Waals surface area contributed by atoms with Gasteiger partial charge in [0.25, 0.3) is 5.91 Å². The molecule has 2 aliphatic rings. The Morgan fingerprint density at radius 2 is 1.38 bits per heavy atom. The smallest absolute Gasteiger partial charge is 0.341 e. The fraction of sp³-hybridized carbons (Fsp3) is 0.125. The summed E-state index contributed by atoms with van der Waals surface area (Å²) in [5, 5.41) is 19.0. The molecule has 172 valence electrons. The van der Waals surface area contributed by atoms with E-state index >= 15 is 0 Å². The van der Waals surface area contributed by atoms with Gasteiger partial charge in [-0.05, 0) is 30.3 Å². The Kier molecular flexibility index (Phi) is 4.87. The standard InChI is InChI=1S/C24H18N2O8/c25-26-23(31)15-3-1-2-4-16(15)24(26)17-7-5-13(32-11-21(27)28)9-19(17)34-20-10-14(6-8-18(20)24)33-12-22(29)30/h1-10H,11-12,25H2,(H,27,28)(H,29,30). The van der Waals surface area contributed by atoms with Gasteiger partial charge in [0, 0.05) is 34.4 Å². The molecule has 0 unspecified atom stereocenters. The molecule has 5 rings (SSSR count). The number of carboxylic acids is 2. The maximum Gasteiger partial charge on any atom is 0.341 e. The highest BCUT2D eigenvalue weighted by atomic mass is 16.5. The number of carbonyl (C=O) groups is 3. The fourth-order valence-electron chi connectivity index (χ4n) is 4.45. The number of amides is 1. The molecule has 10 heteroatoms.